The average molecular weight is 354 g/mol. The lowest BCUT2D eigenvalue weighted by atomic mass is 10.2. The topological polar surface area (TPSA) is 135 Å². The highest BCUT2D eigenvalue weighted by molar-refractivity contribution is 7.87. The van der Waals surface area contributed by atoms with Crippen molar-refractivity contribution in [1.29, 1.82) is 0 Å². The first-order chi connectivity index (χ1) is 11.4. The molecule has 132 valence electrons. The Morgan fingerprint density at radius 2 is 1.88 bits per heavy atom. The van der Waals surface area contributed by atoms with Gasteiger partial charge in [-0.3, -0.25) is 0 Å². The van der Waals surface area contributed by atoms with Crippen LogP contribution in [0.25, 0.3) is 0 Å². The Balaban J connectivity index is 2.10. The summed E-state index contributed by atoms with van der Waals surface area (Å²) in [4.78, 5) is 3.78. The van der Waals surface area contributed by atoms with Gasteiger partial charge in [-0.25, -0.2) is 0 Å². The fourth-order valence-corrected chi connectivity index (χ4v) is 3.44. The fourth-order valence-electron chi connectivity index (χ4n) is 2.33. The summed E-state index contributed by atoms with van der Waals surface area (Å²) in [6.45, 7) is 0.884. The van der Waals surface area contributed by atoms with E-state index in [1.54, 1.807) is 24.3 Å². The largest absolute Gasteiger partial charge is 0.495 e. The van der Waals surface area contributed by atoms with E-state index in [4.69, 9.17) is 16.2 Å². The maximum absolute atomic E-state index is 12.1. The number of benzene rings is 1. The van der Waals surface area contributed by atoms with Crippen LogP contribution in [-0.2, 0) is 10.2 Å². The van der Waals surface area contributed by atoms with Crippen molar-refractivity contribution in [2.45, 2.75) is 19.3 Å². The monoisotopic (exact) mass is 354 g/mol. The molecule has 5 N–H and O–H groups in total. The van der Waals surface area contributed by atoms with Crippen molar-refractivity contribution < 1.29 is 13.2 Å². The molecule has 0 aliphatic carbocycles. The molecule has 0 aromatic heterocycles. The molecule has 1 heterocycles. The normalized spacial score (nSPS) is 17.5. The van der Waals surface area contributed by atoms with Gasteiger partial charge in [0, 0.05) is 13.1 Å². The number of anilines is 1. The van der Waals surface area contributed by atoms with Crippen LogP contribution < -0.4 is 21.5 Å². The Morgan fingerprint density at radius 3 is 2.54 bits per heavy atom. The molecule has 0 unspecified atom stereocenters. The maximum atomic E-state index is 12.1. The molecule has 0 saturated carbocycles. The zero-order valence-corrected chi connectivity index (χ0v) is 14.3. The molecule has 9 nitrogen and oxygen atoms in total. The number of hydrogen-bond donors (Lipinski definition) is 3. The number of methoxy groups -OCH3 is 1. The molecular weight excluding hydrogens is 332 g/mol. The molecule has 0 amide bonds. The highest BCUT2D eigenvalue weighted by Crippen LogP contribution is 2.22. The molecule has 1 aromatic carbocycles. The zero-order chi connectivity index (χ0) is 17.6. The van der Waals surface area contributed by atoms with Gasteiger partial charge in [0.1, 0.15) is 5.75 Å². The van der Waals surface area contributed by atoms with E-state index in [2.05, 4.69) is 14.7 Å². The van der Waals surface area contributed by atoms with Crippen LogP contribution in [0.5, 0.6) is 5.75 Å². The second-order valence-corrected chi connectivity index (χ2v) is 6.80. The number of ether oxygens (including phenoxy) is 1. The number of nitrogens with two attached hydrogens (primary N) is 2. The van der Waals surface area contributed by atoms with Crippen molar-refractivity contribution in [1.82, 2.24) is 4.31 Å². The molecule has 1 fully saturated rings. The van der Waals surface area contributed by atoms with E-state index < -0.39 is 16.2 Å². The van der Waals surface area contributed by atoms with E-state index in [0.717, 1.165) is 19.3 Å². The zero-order valence-electron chi connectivity index (χ0n) is 13.5. The Hall–Kier alpha value is -2.33. The smallest absolute Gasteiger partial charge is 0.325 e. The molecule has 24 heavy (non-hydrogen) atoms. The lowest BCUT2D eigenvalue weighted by Crippen LogP contribution is -2.35. The molecule has 1 aromatic rings. The minimum absolute atomic E-state index is 0.0883. The number of nitrogens with one attached hydrogen (secondary N) is 1. The molecule has 0 radical (unpaired) electrons. The van der Waals surface area contributed by atoms with Crippen LogP contribution in [0.2, 0.25) is 0 Å². The minimum atomic E-state index is -3.83. The van der Waals surface area contributed by atoms with Gasteiger partial charge in [-0.1, -0.05) is 18.6 Å². The molecule has 1 aliphatic rings. The number of guanidine groups is 2. The summed E-state index contributed by atoms with van der Waals surface area (Å²) in [5.74, 6) is 0.0437. The van der Waals surface area contributed by atoms with E-state index in [-0.39, 0.29) is 5.96 Å². The van der Waals surface area contributed by atoms with E-state index in [1.165, 1.54) is 11.4 Å². The second kappa shape index (κ2) is 7.97. The minimum Gasteiger partial charge on any atom is -0.495 e. The van der Waals surface area contributed by atoms with Gasteiger partial charge in [-0.2, -0.15) is 17.7 Å². The van der Waals surface area contributed by atoms with Gasteiger partial charge in [0.2, 0.25) is 11.9 Å². The van der Waals surface area contributed by atoms with E-state index in [9.17, 15) is 8.42 Å². The average Bonchev–Trinajstić information content (AvgIpc) is 2.55. The third-order valence-electron chi connectivity index (χ3n) is 3.45. The van der Waals surface area contributed by atoms with Gasteiger partial charge in [0.25, 0.3) is 0 Å². The number of para-hydroxylation sites is 2. The van der Waals surface area contributed by atoms with Crippen LogP contribution in [0.15, 0.2) is 33.7 Å². The Morgan fingerprint density at radius 1 is 1.21 bits per heavy atom. The first-order valence-corrected chi connectivity index (χ1v) is 8.92. The summed E-state index contributed by atoms with van der Waals surface area (Å²) < 4.78 is 34.3. The fraction of sp³-hybridized carbons (Fsp3) is 0.429. The van der Waals surface area contributed by atoms with Gasteiger partial charge in [0.15, 0.2) is 0 Å². The van der Waals surface area contributed by atoms with Crippen LogP contribution in [0.4, 0.5) is 5.69 Å². The highest BCUT2D eigenvalue weighted by atomic mass is 32.2. The summed E-state index contributed by atoms with van der Waals surface area (Å²) >= 11 is 0. The Bertz CT molecular complexity index is 726. The van der Waals surface area contributed by atoms with Crippen molar-refractivity contribution in [3.05, 3.63) is 24.3 Å². The molecule has 1 saturated heterocycles. The van der Waals surface area contributed by atoms with Crippen molar-refractivity contribution in [3.8, 4) is 5.75 Å². The molecule has 10 heteroatoms. The van der Waals surface area contributed by atoms with Crippen LogP contribution in [0, 0.1) is 0 Å². The first-order valence-electron chi connectivity index (χ1n) is 7.52. The number of nitrogens with zero attached hydrogens (tertiary/aromatic N) is 3. The lowest BCUT2D eigenvalue weighted by molar-refractivity contribution is 0.347. The number of hydrogen-bond acceptors (Lipinski definition) is 3. The molecule has 2 rings (SSSR count). The van der Waals surface area contributed by atoms with Crippen molar-refractivity contribution in [3.63, 3.8) is 0 Å². The molecular formula is C14H22N6O3S. The SMILES string of the molecule is COc1ccccc1N/C(N)=N/C(N)=N/S(=O)(=O)N1CCCCC1. The lowest BCUT2D eigenvalue weighted by Gasteiger charge is -2.23. The van der Waals surface area contributed by atoms with Crippen molar-refractivity contribution in [2.75, 3.05) is 25.5 Å². The number of aliphatic imine (C=N–C) groups is 1. The van der Waals surface area contributed by atoms with E-state index in [1.807, 2.05) is 0 Å². The van der Waals surface area contributed by atoms with Gasteiger partial charge in [0.05, 0.1) is 12.8 Å². The van der Waals surface area contributed by atoms with E-state index in [0.29, 0.717) is 24.5 Å². The van der Waals surface area contributed by atoms with Crippen molar-refractivity contribution >= 4 is 27.8 Å². The van der Waals surface area contributed by atoms with Crippen LogP contribution in [0.1, 0.15) is 19.3 Å². The van der Waals surface area contributed by atoms with Crippen LogP contribution >= 0.6 is 0 Å². The quantitative estimate of drug-likeness (QED) is 0.531. The summed E-state index contributed by atoms with van der Waals surface area (Å²) in [5, 5.41) is 2.79. The first kappa shape index (κ1) is 18.0. The summed E-state index contributed by atoms with van der Waals surface area (Å²) in [6, 6.07) is 7.07. The predicted octanol–water partition coefficient (Wildman–Crippen LogP) is 0.467. The number of piperidine rings is 1. The number of rotatable bonds is 4. The summed E-state index contributed by atoms with van der Waals surface area (Å²) in [6.07, 6.45) is 2.64. The summed E-state index contributed by atoms with van der Waals surface area (Å²) in [5.41, 5.74) is 11.9. The third-order valence-corrected chi connectivity index (χ3v) is 4.89. The highest BCUT2D eigenvalue weighted by Gasteiger charge is 2.23. The Kier molecular flexibility index (Phi) is 5.99. The van der Waals surface area contributed by atoms with Crippen LogP contribution in [-0.4, -0.2) is 44.8 Å². The standard InChI is InChI=1S/C14H22N6O3S/c1-23-12-8-4-3-7-11(12)17-13(15)18-14(16)19-24(21,22)20-9-5-2-6-10-20/h3-4,7-8H,2,5-6,9-10H2,1H3,(H5,15,16,17,18,19). The third kappa shape index (κ3) is 4.83. The van der Waals surface area contributed by atoms with Gasteiger partial charge in [-0.15, -0.1) is 4.40 Å². The predicted molar refractivity (Wildman–Crippen MR) is 94.2 cm³/mol. The summed E-state index contributed by atoms with van der Waals surface area (Å²) in [7, 11) is -2.31. The van der Waals surface area contributed by atoms with Crippen LogP contribution in [0.3, 0.4) is 0 Å². The molecule has 0 atom stereocenters. The van der Waals surface area contributed by atoms with Gasteiger partial charge in [-0.05, 0) is 25.0 Å². The van der Waals surface area contributed by atoms with Crippen molar-refractivity contribution in [2.24, 2.45) is 20.9 Å². The maximum Gasteiger partial charge on any atom is 0.325 e. The second-order valence-electron chi connectivity index (χ2n) is 5.21. The van der Waals surface area contributed by atoms with E-state index >= 15 is 0 Å². The molecule has 0 bridgehead atoms. The Labute approximate surface area is 141 Å². The van der Waals surface area contributed by atoms with Gasteiger partial charge >= 0.3 is 10.2 Å². The molecule has 1 aliphatic heterocycles. The molecule has 0 spiro atoms. The van der Waals surface area contributed by atoms with Gasteiger partial charge < -0.3 is 21.5 Å².